The minimum absolute atomic E-state index is 0.0570. The van der Waals surface area contributed by atoms with Gasteiger partial charge in [0.1, 0.15) is 0 Å². The number of nitrogens with one attached hydrogen (secondary N) is 1. The van der Waals surface area contributed by atoms with E-state index in [1.807, 2.05) is 18.2 Å². The maximum absolute atomic E-state index is 12.3. The number of piperazine rings is 1. The van der Waals surface area contributed by atoms with Crippen molar-refractivity contribution in [1.29, 1.82) is 0 Å². The van der Waals surface area contributed by atoms with Crippen LogP contribution in [0.5, 0.6) is 0 Å². The van der Waals surface area contributed by atoms with Gasteiger partial charge in [0, 0.05) is 44.7 Å². The molecule has 0 radical (unpaired) electrons. The van der Waals surface area contributed by atoms with E-state index in [1.165, 1.54) is 18.4 Å². The molecule has 1 aliphatic heterocycles. The smallest absolute Gasteiger partial charge is 0.224 e. The molecule has 4 rings (SSSR count). The lowest BCUT2D eigenvalue weighted by atomic mass is 10.0. The summed E-state index contributed by atoms with van der Waals surface area (Å²) in [6.45, 7) is 5.58. The number of halogens is 1. The van der Waals surface area contributed by atoms with E-state index in [9.17, 15) is 4.79 Å². The van der Waals surface area contributed by atoms with Crippen molar-refractivity contribution in [3.8, 4) is 0 Å². The van der Waals surface area contributed by atoms with Crippen molar-refractivity contribution < 1.29 is 4.79 Å². The Kier molecular flexibility index (Phi) is 6.53. The van der Waals surface area contributed by atoms with Crippen LogP contribution < -0.4 is 5.32 Å². The van der Waals surface area contributed by atoms with E-state index >= 15 is 0 Å². The average molecular weight is 412 g/mol. The van der Waals surface area contributed by atoms with Gasteiger partial charge in [-0.25, -0.2) is 0 Å². The molecule has 5 heteroatoms. The van der Waals surface area contributed by atoms with Gasteiger partial charge in [-0.2, -0.15) is 0 Å². The molecule has 4 nitrogen and oxygen atoms in total. The molecule has 0 aromatic heterocycles. The van der Waals surface area contributed by atoms with E-state index < -0.39 is 0 Å². The summed E-state index contributed by atoms with van der Waals surface area (Å²) in [7, 11) is 0. The van der Waals surface area contributed by atoms with Crippen molar-refractivity contribution in [3.05, 3.63) is 65.2 Å². The minimum Gasteiger partial charge on any atom is -0.325 e. The summed E-state index contributed by atoms with van der Waals surface area (Å²) < 4.78 is 0. The van der Waals surface area contributed by atoms with E-state index in [-0.39, 0.29) is 5.91 Å². The number of benzene rings is 2. The van der Waals surface area contributed by atoms with Crippen LogP contribution in [0.3, 0.4) is 0 Å². The summed E-state index contributed by atoms with van der Waals surface area (Å²) in [5.74, 6) is 0.0570. The first-order valence-electron chi connectivity index (χ1n) is 10.7. The first-order valence-corrected chi connectivity index (χ1v) is 11.1. The molecule has 0 atom stereocenters. The summed E-state index contributed by atoms with van der Waals surface area (Å²) in [6, 6.07) is 18.1. The summed E-state index contributed by atoms with van der Waals surface area (Å²) in [4.78, 5) is 17.5. The summed E-state index contributed by atoms with van der Waals surface area (Å²) in [5, 5.41) is 3.52. The maximum atomic E-state index is 12.3. The number of nitrogens with zero attached hydrogens (tertiary/aromatic N) is 2. The second-order valence-electron chi connectivity index (χ2n) is 8.35. The number of hydrogen-bond acceptors (Lipinski definition) is 3. The molecule has 2 aromatic rings. The Labute approximate surface area is 178 Å². The van der Waals surface area contributed by atoms with Crippen LogP contribution in [-0.4, -0.2) is 47.4 Å². The summed E-state index contributed by atoms with van der Waals surface area (Å²) in [5.41, 5.74) is 2.45. The number of hydrogen-bond donors (Lipinski definition) is 1. The largest absolute Gasteiger partial charge is 0.325 e. The molecule has 154 valence electrons. The first-order chi connectivity index (χ1) is 14.1. The molecule has 0 bridgehead atoms. The Bertz CT molecular complexity index is 814. The van der Waals surface area contributed by atoms with Crippen LogP contribution in [0.2, 0.25) is 5.02 Å². The first kappa shape index (κ1) is 20.4. The van der Waals surface area contributed by atoms with Crippen LogP contribution >= 0.6 is 11.6 Å². The Morgan fingerprint density at radius 2 is 1.66 bits per heavy atom. The monoisotopic (exact) mass is 411 g/mol. The van der Waals surface area contributed by atoms with Gasteiger partial charge in [0.2, 0.25) is 5.91 Å². The van der Waals surface area contributed by atoms with E-state index in [0.29, 0.717) is 22.7 Å². The Hall–Kier alpha value is -1.88. The SMILES string of the molecule is O=C(CCCC1(N2CCN(Cc3ccccc3)CC2)CC1)Nc1ccccc1Cl. The van der Waals surface area contributed by atoms with Crippen LogP contribution in [0.4, 0.5) is 5.69 Å². The molecule has 1 saturated heterocycles. The van der Waals surface area contributed by atoms with Gasteiger partial charge >= 0.3 is 0 Å². The van der Waals surface area contributed by atoms with Crippen molar-refractivity contribution in [2.24, 2.45) is 0 Å². The van der Waals surface area contributed by atoms with Crippen molar-refractivity contribution in [3.63, 3.8) is 0 Å². The van der Waals surface area contributed by atoms with Gasteiger partial charge in [0.15, 0.2) is 0 Å². The molecule has 1 aliphatic carbocycles. The Morgan fingerprint density at radius 3 is 2.34 bits per heavy atom. The summed E-state index contributed by atoms with van der Waals surface area (Å²) in [6.07, 6.45) is 5.15. The molecular formula is C24H30ClN3O. The Balaban J connectivity index is 1.19. The van der Waals surface area contributed by atoms with Gasteiger partial charge in [-0.05, 0) is 43.4 Å². The molecule has 1 heterocycles. The molecular weight excluding hydrogens is 382 g/mol. The molecule has 2 aliphatic rings. The van der Waals surface area contributed by atoms with Crippen molar-refractivity contribution in [2.75, 3.05) is 31.5 Å². The fourth-order valence-electron chi connectivity index (χ4n) is 4.44. The molecule has 2 fully saturated rings. The highest BCUT2D eigenvalue weighted by Gasteiger charge is 2.47. The van der Waals surface area contributed by atoms with Crippen molar-refractivity contribution in [2.45, 2.75) is 44.2 Å². The van der Waals surface area contributed by atoms with Gasteiger partial charge < -0.3 is 5.32 Å². The van der Waals surface area contributed by atoms with Gasteiger partial charge in [-0.1, -0.05) is 54.1 Å². The second-order valence-corrected chi connectivity index (χ2v) is 8.76. The number of anilines is 1. The number of carbonyl (C=O) groups excluding carboxylic acids is 1. The van der Waals surface area contributed by atoms with E-state index in [4.69, 9.17) is 11.6 Å². The predicted octanol–water partition coefficient (Wildman–Crippen LogP) is 4.80. The summed E-state index contributed by atoms with van der Waals surface area (Å²) >= 11 is 6.12. The van der Waals surface area contributed by atoms with Gasteiger partial charge in [-0.3, -0.25) is 14.6 Å². The van der Waals surface area contributed by atoms with E-state index in [0.717, 1.165) is 45.6 Å². The van der Waals surface area contributed by atoms with Gasteiger partial charge in [-0.15, -0.1) is 0 Å². The minimum atomic E-state index is 0.0570. The highest BCUT2D eigenvalue weighted by atomic mass is 35.5. The fraction of sp³-hybridized carbons (Fsp3) is 0.458. The maximum Gasteiger partial charge on any atom is 0.224 e. The number of para-hydroxylation sites is 1. The van der Waals surface area contributed by atoms with Crippen LogP contribution in [0.1, 0.15) is 37.7 Å². The van der Waals surface area contributed by atoms with Crippen LogP contribution in [0.25, 0.3) is 0 Å². The zero-order valence-electron chi connectivity index (χ0n) is 16.9. The third-order valence-electron chi connectivity index (χ3n) is 6.31. The molecule has 0 unspecified atom stereocenters. The lowest BCUT2D eigenvalue weighted by molar-refractivity contribution is -0.116. The topological polar surface area (TPSA) is 35.6 Å². The van der Waals surface area contributed by atoms with E-state index in [2.05, 4.69) is 45.4 Å². The van der Waals surface area contributed by atoms with Gasteiger partial charge in [0.05, 0.1) is 10.7 Å². The average Bonchev–Trinajstić information content (AvgIpc) is 3.52. The highest BCUT2D eigenvalue weighted by molar-refractivity contribution is 6.33. The molecule has 1 N–H and O–H groups in total. The van der Waals surface area contributed by atoms with Crippen molar-refractivity contribution in [1.82, 2.24) is 9.80 Å². The van der Waals surface area contributed by atoms with Crippen LogP contribution in [0.15, 0.2) is 54.6 Å². The van der Waals surface area contributed by atoms with Crippen molar-refractivity contribution >= 4 is 23.2 Å². The number of rotatable bonds is 8. The molecule has 1 amide bonds. The number of carbonyl (C=O) groups is 1. The fourth-order valence-corrected chi connectivity index (χ4v) is 4.63. The lowest BCUT2D eigenvalue weighted by Gasteiger charge is -2.40. The third kappa shape index (κ3) is 5.39. The molecule has 29 heavy (non-hydrogen) atoms. The zero-order valence-corrected chi connectivity index (χ0v) is 17.7. The Morgan fingerprint density at radius 1 is 0.966 bits per heavy atom. The van der Waals surface area contributed by atoms with Gasteiger partial charge in [0.25, 0.3) is 0 Å². The molecule has 0 spiro atoms. The van der Waals surface area contributed by atoms with E-state index in [1.54, 1.807) is 6.07 Å². The quantitative estimate of drug-likeness (QED) is 0.677. The predicted molar refractivity (Wildman–Crippen MR) is 119 cm³/mol. The third-order valence-corrected chi connectivity index (χ3v) is 6.64. The molecule has 2 aromatic carbocycles. The standard InChI is InChI=1S/C24H30ClN3O/c25-21-9-4-5-10-22(21)26-23(29)11-6-12-24(13-14-24)28-17-15-27(16-18-28)19-20-7-2-1-3-8-20/h1-5,7-10H,6,11-19H2,(H,26,29). The van der Waals surface area contributed by atoms with Crippen LogP contribution in [0, 0.1) is 0 Å². The second kappa shape index (κ2) is 9.29. The molecule has 1 saturated carbocycles. The highest BCUT2D eigenvalue weighted by Crippen LogP contribution is 2.46. The lowest BCUT2D eigenvalue weighted by Crippen LogP contribution is -2.51. The number of amides is 1. The normalized spacial score (nSPS) is 19.1. The van der Waals surface area contributed by atoms with Crippen LogP contribution in [-0.2, 0) is 11.3 Å². The zero-order chi connectivity index (χ0) is 20.1.